The molecule has 0 bridgehead atoms. The van der Waals surface area contributed by atoms with E-state index in [-0.39, 0.29) is 12.8 Å². The van der Waals surface area contributed by atoms with Crippen molar-refractivity contribution >= 4 is 0 Å². The number of alkyl halides is 15. The Morgan fingerprint density at radius 1 is 0.633 bits per heavy atom. The molecular weight excluding hydrogens is 713 g/mol. The van der Waals surface area contributed by atoms with Crippen LogP contribution in [0.2, 0.25) is 0 Å². The maximum Gasteiger partial charge on any atom is 0.460 e. The van der Waals surface area contributed by atoms with Crippen LogP contribution in [0.25, 0.3) is 11.4 Å². The van der Waals surface area contributed by atoms with Crippen LogP contribution in [0.1, 0.15) is 51.0 Å². The highest BCUT2D eigenvalue weighted by Crippen LogP contribution is 2.56. The van der Waals surface area contributed by atoms with Gasteiger partial charge in [-0.1, -0.05) is 44.7 Å². The zero-order chi connectivity index (χ0) is 37.4. The summed E-state index contributed by atoms with van der Waals surface area (Å²) in [4.78, 5) is 8.25. The second kappa shape index (κ2) is 16.3. The minimum absolute atomic E-state index is 0.0570. The van der Waals surface area contributed by atoms with E-state index in [1.807, 2.05) is 6.92 Å². The largest absolute Gasteiger partial charge is 0.493 e. The maximum atomic E-state index is 13.9. The topological polar surface area (TPSA) is 62.7 Å². The van der Waals surface area contributed by atoms with Crippen molar-refractivity contribution in [3.05, 3.63) is 42.2 Å². The van der Waals surface area contributed by atoms with E-state index in [0.29, 0.717) is 35.7 Å². The highest BCUT2D eigenvalue weighted by atomic mass is 19.4. The van der Waals surface area contributed by atoms with Crippen molar-refractivity contribution in [2.45, 2.75) is 94.3 Å². The highest BCUT2D eigenvalue weighted by molar-refractivity contribution is 5.59. The van der Waals surface area contributed by atoms with Crippen LogP contribution in [0, 0.1) is 0 Å². The van der Waals surface area contributed by atoms with Gasteiger partial charge in [0.2, 0.25) is 0 Å². The lowest BCUT2D eigenvalue weighted by Crippen LogP contribution is -2.64. The average molecular weight is 743 g/mol. The van der Waals surface area contributed by atoms with Crippen LogP contribution in [0.5, 0.6) is 5.75 Å². The fraction of sp³-hybridized carbons (Fsp3) is 0.643. The van der Waals surface area contributed by atoms with Gasteiger partial charge in [-0.05, 0) is 37.0 Å². The number of hydrogen-bond donors (Lipinski definition) is 0. The average Bonchev–Trinajstić information content (AvgIpc) is 2.97. The third-order valence-corrected chi connectivity index (χ3v) is 6.39. The summed E-state index contributed by atoms with van der Waals surface area (Å²) < 4.78 is 212. The Hall–Kier alpha value is -3.07. The number of hydrogen-bond acceptors (Lipinski definition) is 6. The summed E-state index contributed by atoms with van der Waals surface area (Å²) in [6.07, 6.45) is -27.5. The van der Waals surface area contributed by atoms with Gasteiger partial charge in [0, 0.05) is 24.6 Å². The van der Waals surface area contributed by atoms with Crippen molar-refractivity contribution in [2.75, 3.05) is 19.8 Å². The smallest absolute Gasteiger partial charge is 0.460 e. The van der Waals surface area contributed by atoms with Gasteiger partial charge in [0.15, 0.2) is 5.82 Å². The lowest BCUT2D eigenvalue weighted by Gasteiger charge is -2.36. The number of nitrogens with zero attached hydrogens (tertiary/aromatic N) is 2. The Labute approximate surface area is 268 Å². The molecule has 49 heavy (non-hydrogen) atoms. The molecule has 0 N–H and O–H groups in total. The summed E-state index contributed by atoms with van der Waals surface area (Å²) in [5.74, 6) is -15.0. The number of aromatic nitrogens is 2. The number of unbranched alkanes of at least 4 members (excludes halogenated alkanes) is 4. The monoisotopic (exact) mass is 742 g/mol. The first-order chi connectivity index (χ1) is 22.4. The highest BCUT2D eigenvalue weighted by Gasteiger charge is 2.85. The van der Waals surface area contributed by atoms with E-state index in [0.717, 1.165) is 25.7 Å². The summed E-state index contributed by atoms with van der Waals surface area (Å²) >= 11 is 0. The summed E-state index contributed by atoms with van der Waals surface area (Å²) in [6, 6.07) is 6.43. The summed E-state index contributed by atoms with van der Waals surface area (Å²) in [7, 11) is 0. The molecule has 0 atom stereocenters. The van der Waals surface area contributed by atoms with E-state index >= 15 is 0 Å². The van der Waals surface area contributed by atoms with Gasteiger partial charge in [0.1, 0.15) is 12.4 Å². The van der Waals surface area contributed by atoms with Crippen molar-refractivity contribution in [3.63, 3.8) is 0 Å². The first-order valence-electron chi connectivity index (χ1n) is 14.3. The Balaban J connectivity index is 2.02. The van der Waals surface area contributed by atoms with Crippen LogP contribution in [-0.4, -0.2) is 72.2 Å². The summed E-state index contributed by atoms with van der Waals surface area (Å²) in [5.41, 5.74) is 1.09. The van der Waals surface area contributed by atoms with Crippen molar-refractivity contribution < 1.29 is 84.8 Å². The van der Waals surface area contributed by atoms with E-state index in [2.05, 4.69) is 19.4 Å². The molecule has 0 fully saturated rings. The molecule has 0 aliphatic heterocycles. The van der Waals surface area contributed by atoms with Crippen molar-refractivity contribution in [3.8, 4) is 17.1 Å². The Morgan fingerprint density at radius 2 is 1.22 bits per heavy atom. The van der Waals surface area contributed by atoms with Crippen LogP contribution < -0.4 is 4.74 Å². The standard InChI is InChI=1S/C28H29F15N2O4/c1-2-3-4-5-6-15-47-20-16-19(21-44-12-8-13-45-21)11-10-18(20)9-7-14-46-17-22(29,30)48-27(40,41)28(42,43)49-26(38,39)24(33,34)23(31,32)25(35,36)37/h8,10-13,16H,2-7,9,14-15,17H2,1H3. The van der Waals surface area contributed by atoms with Gasteiger partial charge < -0.3 is 9.47 Å². The quantitative estimate of drug-likeness (QED) is 0.0938. The van der Waals surface area contributed by atoms with Gasteiger partial charge >= 0.3 is 42.5 Å². The fourth-order valence-electron chi connectivity index (χ4n) is 3.85. The minimum atomic E-state index is -7.92. The predicted molar refractivity (Wildman–Crippen MR) is 139 cm³/mol. The Morgan fingerprint density at radius 3 is 1.82 bits per heavy atom. The predicted octanol–water partition coefficient (Wildman–Crippen LogP) is 9.68. The normalized spacial score (nSPS) is 14.0. The van der Waals surface area contributed by atoms with Crippen molar-refractivity contribution in [1.29, 1.82) is 0 Å². The number of aryl methyl sites for hydroxylation is 1. The molecule has 1 heterocycles. The molecule has 0 aliphatic carbocycles. The molecule has 1 aromatic carbocycles. The van der Waals surface area contributed by atoms with Crippen LogP contribution in [0.4, 0.5) is 65.9 Å². The van der Waals surface area contributed by atoms with E-state index in [9.17, 15) is 65.9 Å². The molecule has 21 heteroatoms. The first kappa shape index (κ1) is 42.1. The van der Waals surface area contributed by atoms with Crippen molar-refractivity contribution in [1.82, 2.24) is 9.97 Å². The lowest BCUT2D eigenvalue weighted by atomic mass is 10.1. The zero-order valence-electron chi connectivity index (χ0n) is 25.2. The van der Waals surface area contributed by atoms with Crippen LogP contribution in [0.15, 0.2) is 36.7 Å². The molecule has 0 unspecified atom stereocenters. The van der Waals surface area contributed by atoms with Gasteiger partial charge in [0.25, 0.3) is 0 Å². The van der Waals surface area contributed by atoms with E-state index < -0.39 is 55.7 Å². The van der Waals surface area contributed by atoms with Gasteiger partial charge in [0.05, 0.1) is 6.61 Å². The molecule has 0 saturated heterocycles. The Kier molecular flexibility index (Phi) is 14.0. The number of ether oxygens (including phenoxy) is 4. The third kappa shape index (κ3) is 11.0. The molecule has 0 radical (unpaired) electrons. The van der Waals surface area contributed by atoms with E-state index in [1.54, 1.807) is 29.0 Å². The molecule has 280 valence electrons. The number of benzene rings is 1. The number of rotatable bonds is 21. The molecular formula is C28H29F15N2O4. The van der Waals surface area contributed by atoms with E-state index in [4.69, 9.17) is 4.74 Å². The van der Waals surface area contributed by atoms with Crippen molar-refractivity contribution in [2.24, 2.45) is 0 Å². The first-order valence-corrected chi connectivity index (χ1v) is 14.3. The third-order valence-electron chi connectivity index (χ3n) is 6.39. The molecule has 2 rings (SSSR count). The minimum Gasteiger partial charge on any atom is -0.493 e. The summed E-state index contributed by atoms with van der Waals surface area (Å²) in [6.45, 7) is -0.594. The fourth-order valence-corrected chi connectivity index (χ4v) is 3.85. The second-order valence-electron chi connectivity index (χ2n) is 10.4. The number of halogens is 15. The molecule has 0 spiro atoms. The van der Waals surface area contributed by atoms with Gasteiger partial charge in [-0.2, -0.15) is 65.9 Å². The SMILES string of the molecule is CCCCCCCOc1cc(-c2ncccn2)ccc1CCCOCC(F)(F)OC(F)(F)C(F)(F)OC(F)(F)C(F)(F)C(F)(F)C(F)(F)F. The molecule has 6 nitrogen and oxygen atoms in total. The van der Waals surface area contributed by atoms with E-state index in [1.165, 1.54) is 12.4 Å². The van der Waals surface area contributed by atoms with Gasteiger partial charge in [-0.3, -0.25) is 0 Å². The molecule has 0 saturated carbocycles. The maximum absolute atomic E-state index is 13.9. The van der Waals surface area contributed by atoms with Gasteiger partial charge in [-0.15, -0.1) is 0 Å². The Bertz CT molecular complexity index is 1310. The molecule has 2 aromatic rings. The molecule has 0 amide bonds. The van der Waals surface area contributed by atoms with Crippen LogP contribution in [-0.2, 0) is 20.6 Å². The summed E-state index contributed by atoms with van der Waals surface area (Å²) in [5, 5.41) is 0. The molecule has 0 aliphatic rings. The van der Waals surface area contributed by atoms with Gasteiger partial charge in [-0.25, -0.2) is 19.4 Å². The zero-order valence-corrected chi connectivity index (χ0v) is 25.2. The molecule has 1 aromatic heterocycles. The van der Waals surface area contributed by atoms with Crippen LogP contribution in [0.3, 0.4) is 0 Å². The second-order valence-corrected chi connectivity index (χ2v) is 10.4. The van der Waals surface area contributed by atoms with Crippen LogP contribution >= 0.6 is 0 Å². The lowest BCUT2D eigenvalue weighted by molar-refractivity contribution is -0.543.